The van der Waals surface area contributed by atoms with Crippen LogP contribution >= 0.6 is 0 Å². The summed E-state index contributed by atoms with van der Waals surface area (Å²) in [5, 5.41) is 4.24. The van der Waals surface area contributed by atoms with Gasteiger partial charge in [0, 0.05) is 26.8 Å². The van der Waals surface area contributed by atoms with Crippen molar-refractivity contribution in [2.45, 2.75) is 13.3 Å². The summed E-state index contributed by atoms with van der Waals surface area (Å²) in [6.07, 6.45) is 2.25. The molecule has 102 valence electrons. The summed E-state index contributed by atoms with van der Waals surface area (Å²) in [6.45, 7) is 3.75. The maximum Gasteiger partial charge on any atom is 0.341 e. The number of nitrogens with zero attached hydrogens (tertiary/aromatic N) is 2. The van der Waals surface area contributed by atoms with Crippen LogP contribution in [0.25, 0.3) is 0 Å². The van der Waals surface area contributed by atoms with E-state index in [4.69, 9.17) is 14.2 Å². The van der Waals surface area contributed by atoms with Crippen LogP contribution in [0.4, 0.5) is 0 Å². The molecule has 0 aromatic carbocycles. The fourth-order valence-corrected chi connectivity index (χ4v) is 1.51. The Morgan fingerprint density at radius 2 is 2.17 bits per heavy atom. The zero-order valence-corrected chi connectivity index (χ0v) is 11.1. The first-order chi connectivity index (χ1) is 8.69. The van der Waals surface area contributed by atoms with Crippen LogP contribution in [0.15, 0.2) is 6.20 Å². The number of rotatable bonds is 8. The minimum Gasteiger partial charge on any atom is -0.462 e. The molecule has 1 heterocycles. The molecule has 1 aromatic heterocycles. The molecule has 0 amide bonds. The highest BCUT2D eigenvalue weighted by Crippen LogP contribution is 2.09. The van der Waals surface area contributed by atoms with Gasteiger partial charge in [0.05, 0.1) is 32.1 Å². The number of esters is 1. The molecule has 0 saturated carbocycles. The van der Waals surface area contributed by atoms with E-state index in [2.05, 4.69) is 5.10 Å². The lowest BCUT2D eigenvalue weighted by atomic mass is 10.2. The molecule has 6 nitrogen and oxygen atoms in total. The first kappa shape index (κ1) is 14.7. The molecule has 18 heavy (non-hydrogen) atoms. The lowest BCUT2D eigenvalue weighted by Gasteiger charge is -2.03. The van der Waals surface area contributed by atoms with Gasteiger partial charge in [0.15, 0.2) is 0 Å². The number of methoxy groups -OCH3 is 1. The zero-order chi connectivity index (χ0) is 13.4. The van der Waals surface area contributed by atoms with Gasteiger partial charge in [0.2, 0.25) is 0 Å². The van der Waals surface area contributed by atoms with Crippen LogP contribution in [-0.2, 0) is 27.7 Å². The van der Waals surface area contributed by atoms with E-state index in [-0.39, 0.29) is 5.97 Å². The largest absolute Gasteiger partial charge is 0.462 e. The van der Waals surface area contributed by atoms with E-state index in [1.807, 2.05) is 0 Å². The molecule has 0 atom stereocenters. The Morgan fingerprint density at radius 1 is 1.39 bits per heavy atom. The Labute approximate surface area is 107 Å². The third-order valence-electron chi connectivity index (χ3n) is 2.32. The monoisotopic (exact) mass is 256 g/mol. The maximum atomic E-state index is 11.7. The number of aromatic nitrogens is 2. The molecule has 0 saturated heterocycles. The van der Waals surface area contributed by atoms with Crippen molar-refractivity contribution in [1.82, 2.24) is 9.78 Å². The summed E-state index contributed by atoms with van der Waals surface area (Å²) >= 11 is 0. The standard InChI is InChI=1S/C12H20N2O4/c1-4-18-12(15)10-9-14(2)13-11(10)5-6-17-8-7-16-3/h9H,4-8H2,1-3H3. The van der Waals surface area contributed by atoms with Gasteiger partial charge in [-0.1, -0.05) is 0 Å². The van der Waals surface area contributed by atoms with Gasteiger partial charge in [-0.3, -0.25) is 4.68 Å². The van der Waals surface area contributed by atoms with E-state index in [1.165, 1.54) is 0 Å². The van der Waals surface area contributed by atoms with Crippen LogP contribution in [-0.4, -0.2) is 49.3 Å². The zero-order valence-electron chi connectivity index (χ0n) is 11.1. The molecule has 0 aliphatic rings. The van der Waals surface area contributed by atoms with Gasteiger partial charge in [-0.25, -0.2) is 4.79 Å². The van der Waals surface area contributed by atoms with Gasteiger partial charge >= 0.3 is 5.97 Å². The molecule has 0 fully saturated rings. The average Bonchev–Trinajstić information content (AvgIpc) is 2.71. The molecule has 0 aliphatic carbocycles. The highest BCUT2D eigenvalue weighted by atomic mass is 16.5. The predicted octanol–water partition coefficient (Wildman–Crippen LogP) is 0.802. The Bertz CT molecular complexity index is 376. The summed E-state index contributed by atoms with van der Waals surface area (Å²) in [5.41, 5.74) is 1.21. The second-order valence-corrected chi connectivity index (χ2v) is 3.74. The number of hydrogen-bond donors (Lipinski definition) is 0. The fraction of sp³-hybridized carbons (Fsp3) is 0.667. The summed E-state index contributed by atoms with van der Waals surface area (Å²) in [5.74, 6) is -0.336. The number of carbonyl (C=O) groups excluding carboxylic acids is 1. The molecule has 0 bridgehead atoms. The van der Waals surface area contributed by atoms with Crippen molar-refractivity contribution < 1.29 is 19.0 Å². The average molecular weight is 256 g/mol. The van der Waals surface area contributed by atoms with Crippen LogP contribution in [0.1, 0.15) is 23.0 Å². The molecule has 0 aliphatic heterocycles. The van der Waals surface area contributed by atoms with E-state index >= 15 is 0 Å². The van der Waals surface area contributed by atoms with Crippen molar-refractivity contribution in [3.63, 3.8) is 0 Å². The lowest BCUT2D eigenvalue weighted by molar-refractivity contribution is 0.0522. The van der Waals surface area contributed by atoms with E-state index < -0.39 is 0 Å². The van der Waals surface area contributed by atoms with Gasteiger partial charge in [-0.15, -0.1) is 0 Å². The summed E-state index contributed by atoms with van der Waals surface area (Å²) in [4.78, 5) is 11.7. The number of aryl methyl sites for hydroxylation is 1. The van der Waals surface area contributed by atoms with Crippen molar-refractivity contribution in [3.05, 3.63) is 17.5 Å². The number of carbonyl (C=O) groups is 1. The molecular weight excluding hydrogens is 236 g/mol. The van der Waals surface area contributed by atoms with Crippen LogP contribution in [0.5, 0.6) is 0 Å². The van der Waals surface area contributed by atoms with Crippen molar-refractivity contribution in [2.75, 3.05) is 33.5 Å². The molecule has 0 unspecified atom stereocenters. The summed E-state index contributed by atoms with van der Waals surface area (Å²) in [6, 6.07) is 0. The van der Waals surface area contributed by atoms with Crippen molar-refractivity contribution in [3.8, 4) is 0 Å². The van der Waals surface area contributed by atoms with E-state index in [1.54, 1.807) is 32.0 Å². The maximum absolute atomic E-state index is 11.7. The van der Waals surface area contributed by atoms with Gasteiger partial charge in [-0.2, -0.15) is 5.10 Å². The molecule has 0 N–H and O–H groups in total. The fourth-order valence-electron chi connectivity index (χ4n) is 1.51. The Hall–Kier alpha value is -1.40. The first-order valence-corrected chi connectivity index (χ1v) is 5.95. The van der Waals surface area contributed by atoms with E-state index in [9.17, 15) is 4.79 Å². The Balaban J connectivity index is 2.51. The number of ether oxygens (including phenoxy) is 3. The minimum absolute atomic E-state index is 0.336. The van der Waals surface area contributed by atoms with Crippen LogP contribution < -0.4 is 0 Å². The normalized spacial score (nSPS) is 10.6. The molecule has 1 rings (SSSR count). The molecule has 1 aromatic rings. The van der Waals surface area contributed by atoms with Crippen molar-refractivity contribution in [1.29, 1.82) is 0 Å². The van der Waals surface area contributed by atoms with Gasteiger partial charge < -0.3 is 14.2 Å². The van der Waals surface area contributed by atoms with Gasteiger partial charge in [0.25, 0.3) is 0 Å². The van der Waals surface area contributed by atoms with Crippen LogP contribution in [0, 0.1) is 0 Å². The summed E-state index contributed by atoms with van der Waals surface area (Å²) < 4.78 is 16.8. The third-order valence-corrected chi connectivity index (χ3v) is 2.32. The predicted molar refractivity (Wildman–Crippen MR) is 65.6 cm³/mol. The highest BCUT2D eigenvalue weighted by molar-refractivity contribution is 5.90. The topological polar surface area (TPSA) is 62.6 Å². The molecular formula is C12H20N2O4. The van der Waals surface area contributed by atoms with Crippen LogP contribution in [0.3, 0.4) is 0 Å². The highest BCUT2D eigenvalue weighted by Gasteiger charge is 2.16. The molecule has 0 radical (unpaired) electrons. The molecule has 6 heteroatoms. The molecule has 0 spiro atoms. The first-order valence-electron chi connectivity index (χ1n) is 5.95. The van der Waals surface area contributed by atoms with Crippen molar-refractivity contribution >= 4 is 5.97 Å². The Morgan fingerprint density at radius 3 is 2.83 bits per heavy atom. The van der Waals surface area contributed by atoms with Gasteiger partial charge in [-0.05, 0) is 6.92 Å². The van der Waals surface area contributed by atoms with Gasteiger partial charge in [0.1, 0.15) is 5.56 Å². The van der Waals surface area contributed by atoms with Crippen molar-refractivity contribution in [2.24, 2.45) is 7.05 Å². The Kier molecular flexibility index (Phi) is 6.38. The number of hydrogen-bond acceptors (Lipinski definition) is 5. The summed E-state index contributed by atoms with van der Waals surface area (Å²) in [7, 11) is 3.40. The van der Waals surface area contributed by atoms with E-state index in [0.29, 0.717) is 44.1 Å². The third kappa shape index (κ3) is 4.46. The van der Waals surface area contributed by atoms with E-state index in [0.717, 1.165) is 0 Å². The lowest BCUT2D eigenvalue weighted by Crippen LogP contribution is -2.10. The van der Waals surface area contributed by atoms with Crippen LogP contribution in [0.2, 0.25) is 0 Å². The quantitative estimate of drug-likeness (QED) is 0.508. The second-order valence-electron chi connectivity index (χ2n) is 3.74. The minimum atomic E-state index is -0.336. The SMILES string of the molecule is CCOC(=O)c1cn(C)nc1CCOCCOC. The second kappa shape index (κ2) is 7.84. The smallest absolute Gasteiger partial charge is 0.341 e.